The number of hydrogen-bond acceptors (Lipinski definition) is 12. The van der Waals surface area contributed by atoms with Crippen molar-refractivity contribution in [1.82, 2.24) is 0 Å². The average molecular weight is 504 g/mol. The third-order valence-corrected chi connectivity index (χ3v) is 5.14. The molecule has 192 valence electrons. The predicted molar refractivity (Wildman–Crippen MR) is 121 cm³/mol. The van der Waals surface area contributed by atoms with Gasteiger partial charge in [0.25, 0.3) is 0 Å². The Morgan fingerprint density at radius 1 is 0.778 bits per heavy atom. The zero-order chi connectivity index (χ0) is 26.4. The van der Waals surface area contributed by atoms with Gasteiger partial charge >= 0.3 is 11.9 Å². The highest BCUT2D eigenvalue weighted by molar-refractivity contribution is 5.88. The smallest absolute Gasteiger partial charge is 0.331 e. The minimum Gasteiger partial charge on any atom is -0.504 e. The number of phenolic OH excluding ortho intramolecular Hbond substituents is 4. The van der Waals surface area contributed by atoms with Crippen molar-refractivity contribution >= 4 is 24.1 Å². The molecule has 0 bridgehead atoms. The maximum absolute atomic E-state index is 12.4. The molecule has 5 atom stereocenters. The van der Waals surface area contributed by atoms with Gasteiger partial charge in [0.05, 0.1) is 6.61 Å². The van der Waals surface area contributed by atoms with E-state index in [1.807, 2.05) is 0 Å². The Morgan fingerprint density at radius 3 is 1.69 bits per heavy atom. The average Bonchev–Trinajstić information content (AvgIpc) is 2.84. The van der Waals surface area contributed by atoms with Crippen LogP contribution in [0.3, 0.4) is 0 Å². The van der Waals surface area contributed by atoms with Crippen molar-refractivity contribution in [1.29, 1.82) is 0 Å². The zero-order valence-electron chi connectivity index (χ0n) is 18.5. The molecule has 0 saturated carbocycles. The van der Waals surface area contributed by atoms with Gasteiger partial charge in [-0.05, 0) is 47.5 Å². The fourth-order valence-corrected chi connectivity index (χ4v) is 3.28. The first-order valence-corrected chi connectivity index (χ1v) is 10.5. The molecule has 12 nitrogen and oxygen atoms in total. The third-order valence-electron chi connectivity index (χ3n) is 5.14. The molecule has 0 spiro atoms. The standard InChI is InChI=1S/C24H24O12/c25-11-18-21(32)22(35-19(30)7-3-12-1-5-14(26)16(28)9-12)23(24(33)34-18)36-20(31)8-4-13-2-6-15(27)17(29)10-13/h1-10,18,21-29,32-33H,11H2/b7-3+,8-4+/t18-,21-,22+,23-,24-/m1/s1. The van der Waals surface area contributed by atoms with Crippen LogP contribution in [0.5, 0.6) is 23.0 Å². The molecule has 1 fully saturated rings. The Balaban J connectivity index is 1.73. The number of esters is 2. The van der Waals surface area contributed by atoms with Crippen LogP contribution in [0, 0.1) is 0 Å². The molecular formula is C24H24O12. The molecular weight excluding hydrogens is 480 g/mol. The molecule has 0 amide bonds. The highest BCUT2D eigenvalue weighted by Crippen LogP contribution is 2.28. The summed E-state index contributed by atoms with van der Waals surface area (Å²) < 4.78 is 15.4. The van der Waals surface area contributed by atoms with Gasteiger partial charge in [-0.2, -0.15) is 0 Å². The van der Waals surface area contributed by atoms with Gasteiger partial charge in [0.15, 0.2) is 41.5 Å². The molecule has 36 heavy (non-hydrogen) atoms. The summed E-state index contributed by atoms with van der Waals surface area (Å²) in [6.07, 6.45) is -3.86. The van der Waals surface area contributed by atoms with Gasteiger partial charge in [-0.3, -0.25) is 0 Å². The molecule has 12 heteroatoms. The second kappa shape index (κ2) is 11.6. The SMILES string of the molecule is O=C(/C=C/c1ccc(O)c(O)c1)O[C@@H]1[C@@H](OC(=O)/C=C/c2ccc(O)c(O)c2)[C@H](O)[C@@H](CO)O[C@H]1O. The van der Waals surface area contributed by atoms with Crippen molar-refractivity contribution < 1.29 is 59.5 Å². The molecule has 1 saturated heterocycles. The third kappa shape index (κ3) is 6.52. The number of ether oxygens (including phenoxy) is 3. The second-order valence-corrected chi connectivity index (χ2v) is 7.70. The molecule has 1 heterocycles. The molecule has 2 aromatic carbocycles. The van der Waals surface area contributed by atoms with Crippen LogP contribution in [0.4, 0.5) is 0 Å². The van der Waals surface area contributed by atoms with Gasteiger partial charge in [0, 0.05) is 12.2 Å². The molecule has 1 aliphatic rings. The number of rotatable bonds is 7. The largest absolute Gasteiger partial charge is 0.504 e. The lowest BCUT2D eigenvalue weighted by Crippen LogP contribution is -2.61. The Labute approximate surface area is 204 Å². The molecule has 0 aromatic heterocycles. The first-order valence-electron chi connectivity index (χ1n) is 10.5. The maximum Gasteiger partial charge on any atom is 0.331 e. The number of aromatic hydroxyl groups is 4. The topological polar surface area (TPSA) is 203 Å². The van der Waals surface area contributed by atoms with E-state index >= 15 is 0 Å². The number of aliphatic hydroxyl groups excluding tert-OH is 3. The van der Waals surface area contributed by atoms with Gasteiger partial charge in [0.2, 0.25) is 0 Å². The van der Waals surface area contributed by atoms with E-state index in [4.69, 9.17) is 14.2 Å². The summed E-state index contributed by atoms with van der Waals surface area (Å²) in [6.45, 7) is -0.736. The van der Waals surface area contributed by atoms with Crippen molar-refractivity contribution in [3.05, 3.63) is 59.7 Å². The summed E-state index contributed by atoms with van der Waals surface area (Å²) in [5, 5.41) is 67.9. The van der Waals surface area contributed by atoms with Crippen molar-refractivity contribution in [3.63, 3.8) is 0 Å². The zero-order valence-corrected chi connectivity index (χ0v) is 18.5. The predicted octanol–water partition coefficient (Wildman–Crippen LogP) is 0.130. The van der Waals surface area contributed by atoms with Crippen LogP contribution >= 0.6 is 0 Å². The monoisotopic (exact) mass is 504 g/mol. The van der Waals surface area contributed by atoms with Crippen molar-refractivity contribution in [2.45, 2.75) is 30.7 Å². The van der Waals surface area contributed by atoms with Crippen LogP contribution in [0.1, 0.15) is 11.1 Å². The Hall–Kier alpha value is -4.10. The highest BCUT2D eigenvalue weighted by Gasteiger charge is 2.48. The molecule has 7 N–H and O–H groups in total. The van der Waals surface area contributed by atoms with Gasteiger partial charge in [0.1, 0.15) is 12.2 Å². The lowest BCUT2D eigenvalue weighted by Gasteiger charge is -2.40. The normalized spacial score (nSPS) is 24.1. The fraction of sp³-hybridized carbons (Fsp3) is 0.250. The van der Waals surface area contributed by atoms with Crippen LogP contribution in [0.25, 0.3) is 12.2 Å². The fourth-order valence-electron chi connectivity index (χ4n) is 3.28. The summed E-state index contributed by atoms with van der Waals surface area (Å²) in [5.41, 5.74) is 0.660. The summed E-state index contributed by atoms with van der Waals surface area (Å²) in [5.74, 6) is -3.59. The van der Waals surface area contributed by atoms with Crippen molar-refractivity contribution in [2.75, 3.05) is 6.61 Å². The minimum atomic E-state index is -1.86. The molecule has 1 aliphatic heterocycles. The Kier molecular flexibility index (Phi) is 8.51. The number of hydrogen-bond donors (Lipinski definition) is 7. The number of aliphatic hydroxyl groups is 3. The second-order valence-electron chi connectivity index (χ2n) is 7.70. The molecule has 0 unspecified atom stereocenters. The van der Waals surface area contributed by atoms with E-state index < -0.39 is 60.8 Å². The van der Waals surface area contributed by atoms with Crippen LogP contribution in [-0.2, 0) is 23.8 Å². The van der Waals surface area contributed by atoms with Gasteiger partial charge in [-0.15, -0.1) is 0 Å². The van der Waals surface area contributed by atoms with E-state index in [1.165, 1.54) is 48.6 Å². The summed E-state index contributed by atoms with van der Waals surface area (Å²) in [4.78, 5) is 24.7. The van der Waals surface area contributed by atoms with Gasteiger partial charge in [-0.1, -0.05) is 12.1 Å². The van der Waals surface area contributed by atoms with Crippen molar-refractivity contribution in [2.24, 2.45) is 0 Å². The molecule has 0 aliphatic carbocycles. The first kappa shape index (κ1) is 26.5. The first-order chi connectivity index (χ1) is 17.1. The molecule has 2 aromatic rings. The number of carbonyl (C=O) groups excluding carboxylic acids is 2. The van der Waals surface area contributed by atoms with E-state index in [0.29, 0.717) is 11.1 Å². The van der Waals surface area contributed by atoms with Crippen LogP contribution in [-0.4, -0.2) is 85.0 Å². The summed E-state index contributed by atoms with van der Waals surface area (Å²) >= 11 is 0. The number of carbonyl (C=O) groups is 2. The van der Waals surface area contributed by atoms with E-state index in [1.54, 1.807) is 0 Å². The van der Waals surface area contributed by atoms with E-state index in [2.05, 4.69) is 0 Å². The van der Waals surface area contributed by atoms with Crippen LogP contribution in [0.15, 0.2) is 48.6 Å². The number of benzene rings is 2. The quantitative estimate of drug-likeness (QED) is 0.153. The van der Waals surface area contributed by atoms with Crippen molar-refractivity contribution in [3.8, 4) is 23.0 Å². The van der Waals surface area contributed by atoms with E-state index in [-0.39, 0.29) is 11.5 Å². The van der Waals surface area contributed by atoms with E-state index in [0.717, 1.165) is 12.2 Å². The molecule has 3 rings (SSSR count). The lowest BCUT2D eigenvalue weighted by molar-refractivity contribution is -0.292. The number of phenols is 4. The molecule has 0 radical (unpaired) electrons. The van der Waals surface area contributed by atoms with Crippen LogP contribution in [0.2, 0.25) is 0 Å². The Morgan fingerprint density at radius 2 is 1.25 bits per heavy atom. The summed E-state index contributed by atoms with van der Waals surface area (Å²) in [7, 11) is 0. The highest BCUT2D eigenvalue weighted by atomic mass is 16.7. The summed E-state index contributed by atoms with van der Waals surface area (Å²) in [6, 6.07) is 7.56. The lowest BCUT2D eigenvalue weighted by atomic mass is 9.98. The van der Waals surface area contributed by atoms with Gasteiger partial charge in [-0.25, -0.2) is 9.59 Å². The van der Waals surface area contributed by atoms with Gasteiger partial charge < -0.3 is 50.0 Å². The van der Waals surface area contributed by atoms with Crippen LogP contribution < -0.4 is 0 Å². The van der Waals surface area contributed by atoms with E-state index in [9.17, 15) is 45.3 Å². The Bertz CT molecular complexity index is 1160. The maximum atomic E-state index is 12.4. The minimum absolute atomic E-state index is 0.330.